The smallest absolute Gasteiger partial charge is 0.126 e. The number of phenols is 1. The van der Waals surface area contributed by atoms with Gasteiger partial charge in [-0.25, -0.2) is 8.78 Å². The molecule has 0 amide bonds. The first kappa shape index (κ1) is 10.6. The first-order valence-electron chi connectivity index (χ1n) is 4.82. The van der Waals surface area contributed by atoms with Crippen LogP contribution < -0.4 is 0 Å². The quantitative estimate of drug-likeness (QED) is 0.777. The predicted octanol–water partition coefficient (Wildman–Crippen LogP) is 3.65. The summed E-state index contributed by atoms with van der Waals surface area (Å²) in [6.45, 7) is 1.76. The zero-order valence-corrected chi connectivity index (χ0v) is 8.67. The number of hydrogen-bond donors (Lipinski definition) is 1. The molecule has 2 rings (SSSR count). The highest BCUT2D eigenvalue weighted by atomic mass is 19.1. The Balaban J connectivity index is 2.58. The average Bonchev–Trinajstić information content (AvgIpc) is 2.15. The second-order valence-corrected chi connectivity index (χ2v) is 3.68. The van der Waals surface area contributed by atoms with Crippen molar-refractivity contribution in [3.8, 4) is 16.9 Å². The van der Waals surface area contributed by atoms with Crippen LogP contribution in [-0.4, -0.2) is 5.11 Å². The van der Waals surface area contributed by atoms with Crippen LogP contribution in [0.4, 0.5) is 8.78 Å². The molecule has 0 aromatic heterocycles. The topological polar surface area (TPSA) is 20.2 Å². The summed E-state index contributed by atoms with van der Waals surface area (Å²) in [6, 6.07) is 8.10. The number of phenolic OH excluding ortho intramolecular Hbond substituents is 1. The lowest BCUT2D eigenvalue weighted by molar-refractivity contribution is 0.471. The van der Waals surface area contributed by atoms with E-state index in [0.717, 1.165) is 11.6 Å². The minimum absolute atomic E-state index is 0.190. The van der Waals surface area contributed by atoms with E-state index < -0.39 is 5.82 Å². The zero-order chi connectivity index (χ0) is 11.7. The highest BCUT2D eigenvalue weighted by Gasteiger charge is 2.07. The standard InChI is InChI=1S/C13H10F2O/c1-8-4-9(6-11(15)5-8)12-3-2-10(14)7-13(12)16/h2-7,16H,1H3. The van der Waals surface area contributed by atoms with Crippen LogP contribution in [-0.2, 0) is 0 Å². The lowest BCUT2D eigenvalue weighted by atomic mass is 10.0. The molecule has 0 aliphatic rings. The highest BCUT2D eigenvalue weighted by Crippen LogP contribution is 2.30. The van der Waals surface area contributed by atoms with Crippen LogP contribution in [0.15, 0.2) is 36.4 Å². The molecule has 0 heterocycles. The molecule has 3 heteroatoms. The Morgan fingerprint density at radius 2 is 1.69 bits per heavy atom. The van der Waals surface area contributed by atoms with Crippen molar-refractivity contribution in [2.75, 3.05) is 0 Å². The number of aromatic hydroxyl groups is 1. The van der Waals surface area contributed by atoms with Crippen molar-refractivity contribution in [3.05, 3.63) is 53.6 Å². The van der Waals surface area contributed by atoms with E-state index in [-0.39, 0.29) is 11.6 Å². The number of benzene rings is 2. The average molecular weight is 220 g/mol. The molecule has 0 aliphatic carbocycles. The van der Waals surface area contributed by atoms with Gasteiger partial charge in [-0.3, -0.25) is 0 Å². The van der Waals surface area contributed by atoms with Crippen molar-refractivity contribution in [1.29, 1.82) is 0 Å². The summed E-state index contributed by atoms with van der Waals surface area (Å²) in [7, 11) is 0. The third kappa shape index (κ3) is 2.03. The van der Waals surface area contributed by atoms with E-state index >= 15 is 0 Å². The maximum Gasteiger partial charge on any atom is 0.126 e. The van der Waals surface area contributed by atoms with E-state index in [9.17, 15) is 13.9 Å². The minimum atomic E-state index is -0.519. The normalized spacial score (nSPS) is 10.4. The van der Waals surface area contributed by atoms with E-state index in [1.165, 1.54) is 24.3 Å². The van der Waals surface area contributed by atoms with E-state index in [1.54, 1.807) is 13.0 Å². The van der Waals surface area contributed by atoms with Gasteiger partial charge in [0.2, 0.25) is 0 Å². The SMILES string of the molecule is Cc1cc(F)cc(-c2ccc(F)cc2O)c1. The van der Waals surface area contributed by atoms with Gasteiger partial charge >= 0.3 is 0 Å². The molecule has 2 aromatic rings. The zero-order valence-electron chi connectivity index (χ0n) is 8.67. The maximum absolute atomic E-state index is 13.2. The summed E-state index contributed by atoms with van der Waals surface area (Å²) in [6.07, 6.45) is 0. The van der Waals surface area contributed by atoms with E-state index in [0.29, 0.717) is 11.1 Å². The molecule has 0 fully saturated rings. The fraction of sp³-hybridized carbons (Fsp3) is 0.0769. The molecule has 1 nitrogen and oxygen atoms in total. The second kappa shape index (κ2) is 3.93. The van der Waals surface area contributed by atoms with Gasteiger partial charge in [0.15, 0.2) is 0 Å². The van der Waals surface area contributed by atoms with E-state index in [1.807, 2.05) is 0 Å². The maximum atomic E-state index is 13.2. The van der Waals surface area contributed by atoms with Crippen molar-refractivity contribution >= 4 is 0 Å². The molecule has 0 saturated carbocycles. The molecule has 0 saturated heterocycles. The van der Waals surface area contributed by atoms with E-state index in [4.69, 9.17) is 0 Å². The van der Waals surface area contributed by atoms with Crippen molar-refractivity contribution in [2.24, 2.45) is 0 Å². The predicted molar refractivity (Wildman–Crippen MR) is 58.2 cm³/mol. The molecule has 16 heavy (non-hydrogen) atoms. The van der Waals surface area contributed by atoms with Gasteiger partial charge in [-0.1, -0.05) is 6.07 Å². The molecule has 0 spiro atoms. The Hall–Kier alpha value is -1.90. The highest BCUT2D eigenvalue weighted by molar-refractivity contribution is 5.70. The van der Waals surface area contributed by atoms with Gasteiger partial charge in [-0.2, -0.15) is 0 Å². The lowest BCUT2D eigenvalue weighted by Gasteiger charge is -2.06. The van der Waals surface area contributed by atoms with Gasteiger partial charge < -0.3 is 5.11 Å². The van der Waals surface area contributed by atoms with Gasteiger partial charge in [-0.15, -0.1) is 0 Å². The largest absolute Gasteiger partial charge is 0.507 e. The molecule has 0 bridgehead atoms. The number of halogens is 2. The molecule has 1 N–H and O–H groups in total. The molecular weight excluding hydrogens is 210 g/mol. The summed E-state index contributed by atoms with van der Waals surface area (Å²) >= 11 is 0. The molecule has 0 radical (unpaired) electrons. The Bertz CT molecular complexity index is 515. The minimum Gasteiger partial charge on any atom is -0.507 e. The second-order valence-electron chi connectivity index (χ2n) is 3.68. The van der Waals surface area contributed by atoms with Crippen LogP contribution in [0.1, 0.15) is 5.56 Å². The summed E-state index contributed by atoms with van der Waals surface area (Å²) in [5, 5.41) is 9.56. The summed E-state index contributed by atoms with van der Waals surface area (Å²) < 4.78 is 26.0. The molecule has 0 aliphatic heterocycles. The fourth-order valence-corrected chi connectivity index (χ4v) is 1.64. The van der Waals surface area contributed by atoms with Crippen molar-refractivity contribution in [3.63, 3.8) is 0 Å². The molecule has 82 valence electrons. The van der Waals surface area contributed by atoms with Crippen molar-refractivity contribution in [1.82, 2.24) is 0 Å². The van der Waals surface area contributed by atoms with Crippen LogP contribution in [0.3, 0.4) is 0 Å². The fourth-order valence-electron chi connectivity index (χ4n) is 1.64. The van der Waals surface area contributed by atoms with Crippen LogP contribution in [0, 0.1) is 18.6 Å². The van der Waals surface area contributed by atoms with Gasteiger partial charge in [0, 0.05) is 11.6 Å². The monoisotopic (exact) mass is 220 g/mol. The first-order chi connectivity index (χ1) is 7.56. The molecular formula is C13H10F2O. The van der Waals surface area contributed by atoms with Gasteiger partial charge in [-0.05, 0) is 42.3 Å². The summed E-state index contributed by atoms with van der Waals surface area (Å²) in [4.78, 5) is 0. The van der Waals surface area contributed by atoms with Gasteiger partial charge in [0.25, 0.3) is 0 Å². The Morgan fingerprint density at radius 1 is 0.938 bits per heavy atom. The number of aryl methyl sites for hydroxylation is 1. The first-order valence-corrected chi connectivity index (χ1v) is 4.82. The van der Waals surface area contributed by atoms with Crippen LogP contribution in [0.2, 0.25) is 0 Å². The molecule has 0 atom stereocenters. The van der Waals surface area contributed by atoms with Crippen LogP contribution >= 0.6 is 0 Å². The van der Waals surface area contributed by atoms with E-state index in [2.05, 4.69) is 0 Å². The molecule has 2 aromatic carbocycles. The van der Waals surface area contributed by atoms with Crippen molar-refractivity contribution < 1.29 is 13.9 Å². The Morgan fingerprint density at radius 3 is 2.31 bits per heavy atom. The third-order valence-electron chi connectivity index (χ3n) is 2.31. The number of hydrogen-bond acceptors (Lipinski definition) is 1. The van der Waals surface area contributed by atoms with Gasteiger partial charge in [0.1, 0.15) is 17.4 Å². The Labute approximate surface area is 92.0 Å². The summed E-state index contributed by atoms with van der Waals surface area (Å²) in [5.74, 6) is -1.09. The van der Waals surface area contributed by atoms with Crippen LogP contribution in [0.5, 0.6) is 5.75 Å². The molecule has 0 unspecified atom stereocenters. The van der Waals surface area contributed by atoms with Gasteiger partial charge in [0.05, 0.1) is 0 Å². The Kier molecular flexibility index (Phi) is 2.60. The third-order valence-corrected chi connectivity index (χ3v) is 2.31. The van der Waals surface area contributed by atoms with Crippen LogP contribution in [0.25, 0.3) is 11.1 Å². The lowest BCUT2D eigenvalue weighted by Crippen LogP contribution is -1.85. The summed E-state index contributed by atoms with van der Waals surface area (Å²) in [5.41, 5.74) is 1.71. The van der Waals surface area contributed by atoms with Crippen molar-refractivity contribution in [2.45, 2.75) is 6.92 Å². The number of rotatable bonds is 1.